The average Bonchev–Trinajstić information content (AvgIpc) is 3.01. The van der Waals surface area contributed by atoms with E-state index in [1.807, 2.05) is 6.92 Å². The molecule has 0 saturated heterocycles. The highest BCUT2D eigenvalue weighted by atomic mass is 35.5. The Labute approximate surface area is 185 Å². The van der Waals surface area contributed by atoms with Crippen LogP contribution in [0.3, 0.4) is 0 Å². The van der Waals surface area contributed by atoms with Gasteiger partial charge in [0.15, 0.2) is 0 Å². The molecule has 31 heavy (non-hydrogen) atoms. The van der Waals surface area contributed by atoms with Crippen LogP contribution in [0.15, 0.2) is 18.2 Å². The number of aromatic nitrogens is 2. The van der Waals surface area contributed by atoms with Gasteiger partial charge in [-0.25, -0.2) is 9.18 Å². The van der Waals surface area contributed by atoms with E-state index < -0.39 is 11.9 Å². The first kappa shape index (κ1) is 23.0. The normalized spacial score (nSPS) is 18.8. The Balaban J connectivity index is 0.00000272. The van der Waals surface area contributed by atoms with Gasteiger partial charge in [-0.2, -0.15) is 5.10 Å². The summed E-state index contributed by atoms with van der Waals surface area (Å²) in [5.74, 6) is -0.927. The molecule has 3 N–H and O–H groups in total. The molecule has 10 heteroatoms. The summed E-state index contributed by atoms with van der Waals surface area (Å²) < 4.78 is 15.0. The van der Waals surface area contributed by atoms with Crippen LogP contribution in [-0.4, -0.2) is 50.9 Å². The second-order valence-corrected chi connectivity index (χ2v) is 8.04. The van der Waals surface area contributed by atoms with Crippen molar-refractivity contribution in [2.75, 3.05) is 18.4 Å². The number of nitrogens with zero attached hydrogens (tertiary/aromatic N) is 3. The van der Waals surface area contributed by atoms with Gasteiger partial charge in [0.1, 0.15) is 11.5 Å². The molecule has 0 fully saturated rings. The van der Waals surface area contributed by atoms with Crippen LogP contribution in [0, 0.1) is 11.7 Å². The highest BCUT2D eigenvalue weighted by molar-refractivity contribution is 6.31. The van der Waals surface area contributed by atoms with Gasteiger partial charge in [0, 0.05) is 43.2 Å². The molecule has 0 aliphatic carbocycles. The van der Waals surface area contributed by atoms with Crippen molar-refractivity contribution in [2.45, 2.75) is 46.4 Å². The van der Waals surface area contributed by atoms with Crippen molar-refractivity contribution in [3.63, 3.8) is 0 Å². The Morgan fingerprint density at radius 2 is 2.26 bits per heavy atom. The van der Waals surface area contributed by atoms with E-state index in [0.29, 0.717) is 43.9 Å². The van der Waals surface area contributed by atoms with E-state index in [4.69, 9.17) is 11.6 Å². The molecule has 1 aromatic carbocycles. The second-order valence-electron chi connectivity index (χ2n) is 7.63. The van der Waals surface area contributed by atoms with Gasteiger partial charge in [0.25, 0.3) is 5.91 Å². The van der Waals surface area contributed by atoms with Crippen molar-refractivity contribution in [1.29, 1.82) is 0 Å². The zero-order valence-corrected chi connectivity index (χ0v) is 17.2. The highest BCUT2D eigenvalue weighted by Gasteiger charge is 2.34. The molecule has 3 amide bonds. The zero-order chi connectivity index (χ0) is 21.4. The van der Waals surface area contributed by atoms with Crippen LogP contribution >= 0.6 is 11.6 Å². The number of hydrogen-bond acceptors (Lipinski definition) is 4. The number of fused-ring (bicyclic) bond motifs is 3. The van der Waals surface area contributed by atoms with E-state index in [1.54, 1.807) is 9.58 Å². The SMILES string of the molecule is C.CCC(O)C1CNC(=O)c2c3c(nn2C1)CCN(C(=O)Nc1ccc(F)c(Cl)c1)C3. The lowest BCUT2D eigenvalue weighted by molar-refractivity contribution is 0.0867. The Kier molecular flexibility index (Phi) is 6.86. The number of urea groups is 1. The maximum Gasteiger partial charge on any atom is 0.322 e. The van der Waals surface area contributed by atoms with Crippen molar-refractivity contribution < 1.29 is 19.1 Å². The number of aliphatic hydroxyl groups excluding tert-OH is 1. The van der Waals surface area contributed by atoms with Gasteiger partial charge >= 0.3 is 6.03 Å². The third-order valence-corrected chi connectivity index (χ3v) is 5.96. The smallest absolute Gasteiger partial charge is 0.322 e. The summed E-state index contributed by atoms with van der Waals surface area (Å²) in [4.78, 5) is 27.0. The quantitative estimate of drug-likeness (QED) is 0.667. The van der Waals surface area contributed by atoms with Gasteiger partial charge in [0.05, 0.1) is 23.4 Å². The minimum atomic E-state index is -0.558. The Bertz CT molecular complexity index is 996. The Morgan fingerprint density at radius 1 is 1.48 bits per heavy atom. The molecule has 0 bridgehead atoms. The summed E-state index contributed by atoms with van der Waals surface area (Å²) in [6.07, 6.45) is 0.585. The Morgan fingerprint density at radius 3 is 2.97 bits per heavy atom. The summed E-state index contributed by atoms with van der Waals surface area (Å²) in [6, 6.07) is 3.61. The van der Waals surface area contributed by atoms with Crippen molar-refractivity contribution in [3.05, 3.63) is 46.0 Å². The lowest BCUT2D eigenvalue weighted by Crippen LogP contribution is -2.39. The molecule has 8 nitrogen and oxygen atoms in total. The lowest BCUT2D eigenvalue weighted by Gasteiger charge is -2.27. The zero-order valence-electron chi connectivity index (χ0n) is 16.5. The maximum absolute atomic E-state index is 13.3. The lowest BCUT2D eigenvalue weighted by atomic mass is 10.0. The third kappa shape index (κ3) is 4.52. The summed E-state index contributed by atoms with van der Waals surface area (Å²) in [5, 5.41) is 20.3. The van der Waals surface area contributed by atoms with Crippen molar-refractivity contribution >= 4 is 29.2 Å². The number of anilines is 1. The number of halogens is 2. The molecule has 168 valence electrons. The van der Waals surface area contributed by atoms with E-state index in [2.05, 4.69) is 15.7 Å². The summed E-state index contributed by atoms with van der Waals surface area (Å²) in [6.45, 7) is 3.39. The van der Waals surface area contributed by atoms with Gasteiger partial charge in [0.2, 0.25) is 0 Å². The van der Waals surface area contributed by atoms with Crippen molar-refractivity contribution in [1.82, 2.24) is 20.0 Å². The fourth-order valence-corrected chi connectivity index (χ4v) is 4.13. The number of rotatable bonds is 3. The molecule has 2 aromatic rings. The van der Waals surface area contributed by atoms with Crippen molar-refractivity contribution in [3.8, 4) is 0 Å². The van der Waals surface area contributed by atoms with Crippen LogP contribution < -0.4 is 10.6 Å². The Hall–Kier alpha value is -2.65. The molecule has 4 rings (SSSR count). The van der Waals surface area contributed by atoms with Gasteiger partial charge in [-0.15, -0.1) is 0 Å². The van der Waals surface area contributed by atoms with Crippen LogP contribution in [0.2, 0.25) is 5.02 Å². The second kappa shape index (κ2) is 9.23. The molecule has 0 saturated carbocycles. The van der Waals surface area contributed by atoms with Crippen LogP contribution in [0.25, 0.3) is 0 Å². The summed E-state index contributed by atoms with van der Waals surface area (Å²) in [7, 11) is 0. The molecule has 2 aliphatic rings. The number of aliphatic hydroxyl groups is 1. The minimum absolute atomic E-state index is 0. The summed E-state index contributed by atoms with van der Waals surface area (Å²) >= 11 is 5.78. The fraction of sp³-hybridized carbons (Fsp3) is 0.476. The number of benzene rings is 1. The molecule has 3 heterocycles. The topological polar surface area (TPSA) is 99.5 Å². The molecular weight excluding hydrogens is 425 g/mol. The van der Waals surface area contributed by atoms with E-state index in [9.17, 15) is 19.1 Å². The molecule has 2 aliphatic heterocycles. The fourth-order valence-electron chi connectivity index (χ4n) is 3.95. The first-order chi connectivity index (χ1) is 14.4. The molecule has 0 radical (unpaired) electrons. The predicted molar refractivity (Wildman–Crippen MR) is 116 cm³/mol. The number of nitrogens with one attached hydrogen (secondary N) is 2. The molecule has 1 aromatic heterocycles. The van der Waals surface area contributed by atoms with E-state index >= 15 is 0 Å². The van der Waals surface area contributed by atoms with E-state index in [-0.39, 0.29) is 36.9 Å². The molecule has 2 unspecified atom stereocenters. The molecular formula is C21H27ClFN5O3. The van der Waals surface area contributed by atoms with Gasteiger partial charge < -0.3 is 20.6 Å². The van der Waals surface area contributed by atoms with E-state index in [0.717, 1.165) is 11.3 Å². The molecule has 0 spiro atoms. The largest absolute Gasteiger partial charge is 0.393 e. The first-order valence-corrected chi connectivity index (χ1v) is 10.3. The van der Waals surface area contributed by atoms with Gasteiger partial charge in [-0.05, 0) is 24.6 Å². The number of carbonyl (C=O) groups excluding carboxylic acids is 2. The monoisotopic (exact) mass is 451 g/mol. The minimum Gasteiger partial charge on any atom is -0.393 e. The standard InChI is InChI=1S/C20H23ClFN5O3.CH4/c1-2-17(28)11-8-23-19(29)18-13-10-26(6-5-16(13)25-27(18)9-11)20(30)24-12-3-4-15(22)14(21)7-12;/h3-4,7,11,17,28H,2,5-6,8-10H2,1H3,(H,23,29)(H,24,30);1H4. The van der Waals surface area contributed by atoms with Crippen LogP contribution in [-0.2, 0) is 19.5 Å². The highest BCUT2D eigenvalue weighted by Crippen LogP contribution is 2.26. The maximum atomic E-state index is 13.3. The van der Waals surface area contributed by atoms with Crippen LogP contribution in [0.4, 0.5) is 14.9 Å². The number of amides is 3. The van der Waals surface area contributed by atoms with Crippen LogP contribution in [0.5, 0.6) is 0 Å². The van der Waals surface area contributed by atoms with Crippen molar-refractivity contribution in [2.24, 2.45) is 5.92 Å². The van der Waals surface area contributed by atoms with Crippen LogP contribution in [0.1, 0.15) is 42.5 Å². The van der Waals surface area contributed by atoms with Gasteiger partial charge in [-0.3, -0.25) is 9.48 Å². The molecule has 2 atom stereocenters. The average molecular weight is 452 g/mol. The number of carbonyl (C=O) groups is 2. The summed E-state index contributed by atoms with van der Waals surface area (Å²) in [5.41, 5.74) is 2.34. The van der Waals surface area contributed by atoms with Gasteiger partial charge in [-0.1, -0.05) is 26.0 Å². The predicted octanol–water partition coefficient (Wildman–Crippen LogP) is 3.03. The third-order valence-electron chi connectivity index (χ3n) is 5.67. The number of hydrogen-bond donors (Lipinski definition) is 3. The van der Waals surface area contributed by atoms with E-state index in [1.165, 1.54) is 18.2 Å². The first-order valence-electron chi connectivity index (χ1n) is 9.93.